The van der Waals surface area contributed by atoms with Crippen LogP contribution in [0.3, 0.4) is 0 Å². The number of hydrogen-bond acceptors (Lipinski definition) is 7. The molecule has 5 rings (SSSR count). The van der Waals surface area contributed by atoms with Crippen molar-refractivity contribution in [3.05, 3.63) is 41.4 Å². The van der Waals surface area contributed by atoms with Crippen molar-refractivity contribution in [1.82, 2.24) is 20.6 Å². The molecule has 4 N–H and O–H groups in total. The second-order valence-electron chi connectivity index (χ2n) is 10.3. The minimum absolute atomic E-state index is 0.0114. The highest BCUT2D eigenvalue weighted by atomic mass is 19.4. The molecule has 2 aliphatic carbocycles. The zero-order chi connectivity index (χ0) is 27.9. The molecule has 2 amide bonds. The fourth-order valence-electron chi connectivity index (χ4n) is 5.21. The lowest BCUT2D eigenvalue weighted by atomic mass is 9.79. The van der Waals surface area contributed by atoms with Gasteiger partial charge in [0.1, 0.15) is 17.0 Å². The SMILES string of the molecule is COc1ccc(-c2nc(C(=O)NC3CC(C(=O)NC4CCCC4)C3)c([C@H](C)N)o2)c2ccc(C(F)(F)F)nc12. The molecule has 0 saturated heterocycles. The number of nitrogens with two attached hydrogens (primary N) is 1. The van der Waals surface area contributed by atoms with Crippen molar-refractivity contribution in [1.29, 1.82) is 0 Å². The molecular formula is C27H30F3N5O4. The predicted molar refractivity (Wildman–Crippen MR) is 136 cm³/mol. The number of halogens is 3. The highest BCUT2D eigenvalue weighted by molar-refractivity contribution is 5.98. The summed E-state index contributed by atoms with van der Waals surface area (Å²) in [4.78, 5) is 33.8. The van der Waals surface area contributed by atoms with Gasteiger partial charge in [0.25, 0.3) is 5.91 Å². The molecule has 0 bridgehead atoms. The summed E-state index contributed by atoms with van der Waals surface area (Å²) in [5.74, 6) is -0.302. The molecule has 1 atom stereocenters. The zero-order valence-corrected chi connectivity index (χ0v) is 21.6. The van der Waals surface area contributed by atoms with Crippen LogP contribution in [0, 0.1) is 5.92 Å². The van der Waals surface area contributed by atoms with Crippen LogP contribution in [-0.4, -0.2) is 41.0 Å². The number of benzene rings is 1. The van der Waals surface area contributed by atoms with Crippen LogP contribution in [0.5, 0.6) is 5.75 Å². The first-order valence-corrected chi connectivity index (χ1v) is 13.0. The largest absolute Gasteiger partial charge is 0.494 e. The summed E-state index contributed by atoms with van der Waals surface area (Å²) in [5, 5.41) is 6.30. The molecular weight excluding hydrogens is 515 g/mol. The molecule has 2 aromatic heterocycles. The van der Waals surface area contributed by atoms with Crippen LogP contribution in [0.15, 0.2) is 28.7 Å². The number of hydrogen-bond donors (Lipinski definition) is 3. The lowest BCUT2D eigenvalue weighted by molar-refractivity contribution is -0.141. The molecule has 39 heavy (non-hydrogen) atoms. The summed E-state index contributed by atoms with van der Waals surface area (Å²) in [6.07, 6.45) is 0.702. The van der Waals surface area contributed by atoms with Gasteiger partial charge in [-0.1, -0.05) is 12.8 Å². The van der Waals surface area contributed by atoms with Gasteiger partial charge in [0.15, 0.2) is 11.5 Å². The number of fused-ring (bicyclic) bond motifs is 1. The summed E-state index contributed by atoms with van der Waals surface area (Å²) in [5.41, 5.74) is 5.30. The van der Waals surface area contributed by atoms with Gasteiger partial charge in [0.2, 0.25) is 11.8 Å². The molecule has 208 valence electrons. The van der Waals surface area contributed by atoms with E-state index in [0.29, 0.717) is 23.8 Å². The molecule has 2 aliphatic rings. The van der Waals surface area contributed by atoms with E-state index in [4.69, 9.17) is 14.9 Å². The summed E-state index contributed by atoms with van der Waals surface area (Å²) >= 11 is 0. The van der Waals surface area contributed by atoms with Crippen LogP contribution in [0.4, 0.5) is 13.2 Å². The molecule has 1 aromatic carbocycles. The Morgan fingerprint density at radius 1 is 1.08 bits per heavy atom. The van der Waals surface area contributed by atoms with Crippen LogP contribution in [-0.2, 0) is 11.0 Å². The van der Waals surface area contributed by atoms with Crippen molar-refractivity contribution in [2.45, 2.75) is 69.8 Å². The monoisotopic (exact) mass is 545 g/mol. The van der Waals surface area contributed by atoms with E-state index in [2.05, 4.69) is 20.6 Å². The van der Waals surface area contributed by atoms with E-state index < -0.39 is 23.8 Å². The van der Waals surface area contributed by atoms with Gasteiger partial charge in [0, 0.05) is 29.0 Å². The minimum atomic E-state index is -4.64. The van der Waals surface area contributed by atoms with Crippen LogP contribution >= 0.6 is 0 Å². The Hall–Kier alpha value is -3.67. The number of carbonyl (C=O) groups is 2. The Morgan fingerprint density at radius 2 is 1.79 bits per heavy atom. The minimum Gasteiger partial charge on any atom is -0.494 e. The van der Waals surface area contributed by atoms with Crippen molar-refractivity contribution in [2.75, 3.05) is 7.11 Å². The van der Waals surface area contributed by atoms with E-state index >= 15 is 0 Å². The lowest BCUT2D eigenvalue weighted by Gasteiger charge is -2.35. The fraction of sp³-hybridized carbons (Fsp3) is 0.481. The van der Waals surface area contributed by atoms with Gasteiger partial charge >= 0.3 is 6.18 Å². The maximum Gasteiger partial charge on any atom is 0.433 e. The van der Waals surface area contributed by atoms with Crippen LogP contribution in [0.25, 0.3) is 22.4 Å². The number of oxazole rings is 1. The Morgan fingerprint density at radius 3 is 2.44 bits per heavy atom. The normalized spacial score (nSPS) is 20.5. The van der Waals surface area contributed by atoms with E-state index in [1.165, 1.54) is 19.2 Å². The van der Waals surface area contributed by atoms with E-state index in [-0.39, 0.29) is 52.5 Å². The van der Waals surface area contributed by atoms with E-state index in [1.54, 1.807) is 13.0 Å². The van der Waals surface area contributed by atoms with Crippen molar-refractivity contribution in [3.63, 3.8) is 0 Å². The Balaban J connectivity index is 1.36. The van der Waals surface area contributed by atoms with Crippen molar-refractivity contribution in [3.8, 4) is 17.2 Å². The molecule has 0 aliphatic heterocycles. The first kappa shape index (κ1) is 26.9. The van der Waals surface area contributed by atoms with Crippen LogP contribution < -0.4 is 21.1 Å². The second-order valence-corrected chi connectivity index (χ2v) is 10.3. The van der Waals surface area contributed by atoms with Crippen LogP contribution in [0.1, 0.15) is 73.4 Å². The van der Waals surface area contributed by atoms with Gasteiger partial charge in [-0.3, -0.25) is 9.59 Å². The van der Waals surface area contributed by atoms with Crippen molar-refractivity contribution >= 4 is 22.7 Å². The number of rotatable bonds is 7. The Labute approximate surface area is 222 Å². The smallest absolute Gasteiger partial charge is 0.433 e. The molecule has 2 fully saturated rings. The number of nitrogens with zero attached hydrogens (tertiary/aromatic N) is 2. The van der Waals surface area contributed by atoms with E-state index in [9.17, 15) is 22.8 Å². The standard InChI is InChI=1S/C27H30F3N5O4/c1-13(31)23-22(25(37)33-16-11-14(12-16)24(36)32-15-5-3-4-6-15)35-26(39-23)18-7-9-19(38-2)21-17(18)8-10-20(34-21)27(28,29)30/h7-10,13-16H,3-6,11-12,31H2,1-2H3,(H,32,36)(H,33,37)/t13-,14?,16?/m0/s1. The number of methoxy groups -OCH3 is 1. The molecule has 9 nitrogen and oxygen atoms in total. The molecule has 0 unspecified atom stereocenters. The summed E-state index contributed by atoms with van der Waals surface area (Å²) in [7, 11) is 1.33. The number of carbonyl (C=O) groups excluding carboxylic acids is 2. The third-order valence-corrected chi connectivity index (χ3v) is 7.39. The highest BCUT2D eigenvalue weighted by Crippen LogP contribution is 2.37. The molecule has 0 spiro atoms. The average Bonchev–Trinajstić information content (AvgIpc) is 3.54. The maximum atomic E-state index is 13.3. The van der Waals surface area contributed by atoms with Gasteiger partial charge in [-0.2, -0.15) is 13.2 Å². The van der Waals surface area contributed by atoms with Gasteiger partial charge in [-0.15, -0.1) is 0 Å². The Bertz CT molecular complexity index is 1390. The highest BCUT2D eigenvalue weighted by Gasteiger charge is 2.38. The maximum absolute atomic E-state index is 13.3. The van der Waals surface area contributed by atoms with Crippen molar-refractivity contribution in [2.24, 2.45) is 11.7 Å². The summed E-state index contributed by atoms with van der Waals surface area (Å²) in [6.45, 7) is 1.64. The van der Waals surface area contributed by atoms with Crippen LogP contribution in [0.2, 0.25) is 0 Å². The molecule has 2 saturated carbocycles. The topological polar surface area (TPSA) is 132 Å². The lowest BCUT2D eigenvalue weighted by Crippen LogP contribution is -2.50. The van der Waals surface area contributed by atoms with E-state index in [1.807, 2.05) is 0 Å². The fourth-order valence-corrected chi connectivity index (χ4v) is 5.21. The average molecular weight is 546 g/mol. The number of alkyl halides is 3. The van der Waals surface area contributed by atoms with E-state index in [0.717, 1.165) is 31.7 Å². The van der Waals surface area contributed by atoms with Crippen molar-refractivity contribution < 1.29 is 31.9 Å². The number of ether oxygens (including phenoxy) is 1. The first-order valence-electron chi connectivity index (χ1n) is 13.0. The third-order valence-electron chi connectivity index (χ3n) is 7.39. The second kappa shape index (κ2) is 10.5. The Kier molecular flexibility index (Phi) is 7.23. The number of pyridine rings is 1. The molecule has 12 heteroatoms. The number of nitrogens with one attached hydrogen (secondary N) is 2. The number of aromatic nitrogens is 2. The van der Waals surface area contributed by atoms with Gasteiger partial charge in [-0.25, -0.2) is 9.97 Å². The molecule has 3 aromatic rings. The van der Waals surface area contributed by atoms with Gasteiger partial charge < -0.3 is 25.5 Å². The molecule has 2 heterocycles. The predicted octanol–water partition coefficient (Wildman–Crippen LogP) is 4.50. The first-order chi connectivity index (χ1) is 18.5. The number of amides is 2. The summed E-state index contributed by atoms with van der Waals surface area (Å²) in [6, 6.07) is 4.55. The van der Waals surface area contributed by atoms with Gasteiger partial charge in [0.05, 0.1) is 13.2 Å². The third kappa shape index (κ3) is 5.42. The zero-order valence-electron chi connectivity index (χ0n) is 21.6. The molecule has 0 radical (unpaired) electrons. The summed E-state index contributed by atoms with van der Waals surface area (Å²) < 4.78 is 51.0. The quantitative estimate of drug-likeness (QED) is 0.398. The van der Waals surface area contributed by atoms with Gasteiger partial charge in [-0.05, 0) is 56.9 Å².